The third-order valence-corrected chi connectivity index (χ3v) is 7.71. The van der Waals surface area contributed by atoms with Crippen LogP contribution in [0.2, 0.25) is 5.02 Å². The largest absolute Gasteiger partial charge is 0.311 e. The molecule has 1 fully saturated rings. The highest BCUT2D eigenvalue weighted by Crippen LogP contribution is 2.26. The molecule has 0 unspecified atom stereocenters. The quantitative estimate of drug-likeness (QED) is 0.563. The predicted molar refractivity (Wildman–Crippen MR) is 119 cm³/mol. The number of amides is 1. The van der Waals surface area contributed by atoms with Crippen molar-refractivity contribution in [3.63, 3.8) is 0 Å². The van der Waals surface area contributed by atoms with Crippen LogP contribution in [-0.2, 0) is 21.4 Å². The Labute approximate surface area is 195 Å². The van der Waals surface area contributed by atoms with Crippen molar-refractivity contribution >= 4 is 33.3 Å². The monoisotopic (exact) mass is 494 g/mol. The van der Waals surface area contributed by atoms with Gasteiger partial charge < -0.3 is 5.32 Å². The lowest BCUT2D eigenvalue weighted by atomic mass is 9.97. The summed E-state index contributed by atoms with van der Waals surface area (Å²) in [5.74, 6) is -2.41. The van der Waals surface area contributed by atoms with Crippen molar-refractivity contribution in [3.8, 4) is 0 Å². The first kappa shape index (κ1) is 23.3. The summed E-state index contributed by atoms with van der Waals surface area (Å²) in [4.78, 5) is 12.5. The van der Waals surface area contributed by atoms with Gasteiger partial charge in [-0.2, -0.15) is 9.40 Å². The van der Waals surface area contributed by atoms with Crippen LogP contribution in [0.3, 0.4) is 0 Å². The van der Waals surface area contributed by atoms with Crippen LogP contribution in [0.4, 0.5) is 14.6 Å². The minimum Gasteiger partial charge on any atom is -0.311 e. The van der Waals surface area contributed by atoms with E-state index < -0.39 is 21.7 Å². The summed E-state index contributed by atoms with van der Waals surface area (Å²) in [5, 5.41) is 7.74. The van der Waals surface area contributed by atoms with Gasteiger partial charge in [0.05, 0.1) is 17.6 Å². The minimum atomic E-state index is -3.97. The molecule has 0 saturated carbocycles. The number of carbonyl (C=O) groups is 1. The Kier molecular flexibility index (Phi) is 6.78. The minimum absolute atomic E-state index is 0.101. The third kappa shape index (κ3) is 5.23. The van der Waals surface area contributed by atoms with E-state index in [9.17, 15) is 22.0 Å². The van der Waals surface area contributed by atoms with Gasteiger partial charge in [0, 0.05) is 30.1 Å². The van der Waals surface area contributed by atoms with Crippen molar-refractivity contribution in [2.24, 2.45) is 5.92 Å². The van der Waals surface area contributed by atoms with Gasteiger partial charge in [0.15, 0.2) is 11.6 Å². The number of nitrogens with zero attached hydrogens (tertiary/aromatic N) is 3. The molecular weight excluding hydrogens is 474 g/mol. The van der Waals surface area contributed by atoms with Crippen LogP contribution < -0.4 is 5.32 Å². The summed E-state index contributed by atoms with van der Waals surface area (Å²) in [6.45, 7) is 0.650. The van der Waals surface area contributed by atoms with Crippen molar-refractivity contribution in [2.75, 3.05) is 18.4 Å². The summed E-state index contributed by atoms with van der Waals surface area (Å²) in [6, 6.07) is 11.5. The van der Waals surface area contributed by atoms with Gasteiger partial charge in [-0.05, 0) is 48.7 Å². The zero-order valence-electron chi connectivity index (χ0n) is 17.4. The van der Waals surface area contributed by atoms with Crippen molar-refractivity contribution in [3.05, 3.63) is 76.9 Å². The summed E-state index contributed by atoms with van der Waals surface area (Å²) in [6.07, 6.45) is 2.20. The topological polar surface area (TPSA) is 84.3 Å². The van der Waals surface area contributed by atoms with E-state index in [2.05, 4.69) is 10.4 Å². The highest BCUT2D eigenvalue weighted by molar-refractivity contribution is 7.89. The van der Waals surface area contributed by atoms with Crippen LogP contribution in [0.5, 0.6) is 0 Å². The van der Waals surface area contributed by atoms with Gasteiger partial charge in [-0.25, -0.2) is 21.9 Å². The molecular formula is C22H21ClF2N4O3S. The van der Waals surface area contributed by atoms with Crippen molar-refractivity contribution in [1.82, 2.24) is 14.1 Å². The number of sulfonamides is 1. The first-order valence-electron chi connectivity index (χ1n) is 10.3. The Morgan fingerprint density at radius 3 is 2.42 bits per heavy atom. The molecule has 4 rings (SSSR count). The van der Waals surface area contributed by atoms with E-state index in [1.165, 1.54) is 4.31 Å². The summed E-state index contributed by atoms with van der Waals surface area (Å²) >= 11 is 5.91. The molecule has 33 heavy (non-hydrogen) atoms. The van der Waals surface area contributed by atoms with Gasteiger partial charge >= 0.3 is 0 Å². The number of hydrogen-bond acceptors (Lipinski definition) is 4. The fourth-order valence-electron chi connectivity index (χ4n) is 3.70. The summed E-state index contributed by atoms with van der Waals surface area (Å²) < 4.78 is 55.0. The Morgan fingerprint density at radius 1 is 1.06 bits per heavy atom. The lowest BCUT2D eigenvalue weighted by molar-refractivity contribution is -0.121. The van der Waals surface area contributed by atoms with Crippen LogP contribution in [0.25, 0.3) is 0 Å². The second-order valence-corrected chi connectivity index (χ2v) is 10.1. The average molecular weight is 495 g/mol. The molecule has 0 bridgehead atoms. The van der Waals surface area contributed by atoms with E-state index in [1.807, 2.05) is 12.1 Å². The molecule has 1 aromatic heterocycles. The van der Waals surface area contributed by atoms with E-state index >= 15 is 0 Å². The maximum Gasteiger partial charge on any atom is 0.243 e. The number of rotatable bonds is 6. The highest BCUT2D eigenvalue weighted by Gasteiger charge is 2.32. The molecule has 0 spiro atoms. The number of piperidine rings is 1. The smallest absolute Gasteiger partial charge is 0.243 e. The van der Waals surface area contributed by atoms with Gasteiger partial charge in [-0.15, -0.1) is 0 Å². The number of benzene rings is 2. The van der Waals surface area contributed by atoms with Crippen LogP contribution >= 0.6 is 11.6 Å². The fraction of sp³-hybridized carbons (Fsp3) is 0.273. The summed E-state index contributed by atoms with van der Waals surface area (Å²) in [7, 11) is -3.97. The van der Waals surface area contributed by atoms with Crippen LogP contribution in [0.1, 0.15) is 18.4 Å². The van der Waals surface area contributed by atoms with Gasteiger partial charge in [0.25, 0.3) is 0 Å². The lowest BCUT2D eigenvalue weighted by Crippen LogP contribution is -2.41. The molecule has 1 saturated heterocycles. The van der Waals surface area contributed by atoms with Gasteiger partial charge in [-0.1, -0.05) is 23.7 Å². The van der Waals surface area contributed by atoms with Crippen LogP contribution in [0, 0.1) is 17.6 Å². The Hall–Kier alpha value is -2.82. The number of nitrogens with one attached hydrogen (secondary N) is 1. The molecule has 2 aromatic carbocycles. The SMILES string of the molecule is O=C(Nc1ccnn1Cc1ccc(Cl)cc1)C1CCN(S(=O)(=O)c2ccc(F)c(F)c2)CC1. The predicted octanol–water partition coefficient (Wildman–Crippen LogP) is 3.90. The molecule has 1 N–H and O–H groups in total. The molecule has 174 valence electrons. The molecule has 3 aromatic rings. The highest BCUT2D eigenvalue weighted by atomic mass is 35.5. The molecule has 7 nitrogen and oxygen atoms in total. The molecule has 2 heterocycles. The van der Waals surface area contributed by atoms with Crippen LogP contribution in [0.15, 0.2) is 59.6 Å². The Bertz CT molecular complexity index is 1260. The standard InChI is InChI=1S/C22H21ClF2N4O3S/c23-17-3-1-15(2-4-17)14-29-21(7-10-26-29)27-22(30)16-8-11-28(12-9-16)33(31,32)18-5-6-19(24)20(25)13-18/h1-7,10,13,16H,8-9,11-12,14H2,(H,27,30). The van der Waals surface area contributed by atoms with E-state index in [0.717, 1.165) is 17.7 Å². The lowest BCUT2D eigenvalue weighted by Gasteiger charge is -2.30. The number of hydrogen-bond donors (Lipinski definition) is 1. The van der Waals surface area contributed by atoms with E-state index in [4.69, 9.17) is 11.6 Å². The van der Waals surface area contributed by atoms with E-state index in [-0.39, 0.29) is 29.8 Å². The van der Waals surface area contributed by atoms with Gasteiger partial charge in [0.2, 0.25) is 15.9 Å². The van der Waals surface area contributed by atoms with Crippen molar-refractivity contribution in [1.29, 1.82) is 0 Å². The normalized spacial score (nSPS) is 15.5. The molecule has 0 atom stereocenters. The molecule has 0 radical (unpaired) electrons. The van der Waals surface area contributed by atoms with Crippen molar-refractivity contribution in [2.45, 2.75) is 24.3 Å². The Morgan fingerprint density at radius 2 is 1.76 bits per heavy atom. The first-order valence-corrected chi connectivity index (χ1v) is 12.1. The third-order valence-electron chi connectivity index (χ3n) is 5.57. The maximum atomic E-state index is 13.5. The number of halogens is 3. The van der Waals surface area contributed by atoms with E-state index in [0.29, 0.717) is 36.3 Å². The Balaban J connectivity index is 1.37. The van der Waals surface area contributed by atoms with E-state index in [1.54, 1.807) is 29.1 Å². The van der Waals surface area contributed by atoms with Crippen LogP contribution in [-0.4, -0.2) is 41.5 Å². The number of aromatic nitrogens is 2. The maximum absolute atomic E-state index is 13.5. The molecule has 1 amide bonds. The zero-order valence-corrected chi connectivity index (χ0v) is 19.0. The van der Waals surface area contributed by atoms with Gasteiger partial charge in [0.1, 0.15) is 5.82 Å². The second kappa shape index (κ2) is 9.58. The second-order valence-electron chi connectivity index (χ2n) is 7.74. The molecule has 0 aliphatic carbocycles. The van der Waals surface area contributed by atoms with Crippen molar-refractivity contribution < 1.29 is 22.0 Å². The average Bonchev–Trinajstić information content (AvgIpc) is 3.23. The molecule has 11 heteroatoms. The molecule has 1 aliphatic heterocycles. The number of anilines is 1. The first-order chi connectivity index (χ1) is 15.7. The summed E-state index contributed by atoms with van der Waals surface area (Å²) in [5.41, 5.74) is 0.967. The van der Waals surface area contributed by atoms with Gasteiger partial charge in [-0.3, -0.25) is 4.79 Å². The zero-order chi connectivity index (χ0) is 23.6. The molecule has 1 aliphatic rings. The fourth-order valence-corrected chi connectivity index (χ4v) is 5.31. The number of carbonyl (C=O) groups excluding carboxylic acids is 1.